The van der Waals surface area contributed by atoms with Crippen LogP contribution >= 0.6 is 0 Å². The molecule has 0 spiro atoms. The highest BCUT2D eigenvalue weighted by Gasteiger charge is 2.18. The van der Waals surface area contributed by atoms with E-state index in [0.717, 1.165) is 12.3 Å². The predicted molar refractivity (Wildman–Crippen MR) is 74.5 cm³/mol. The monoisotopic (exact) mass is 305 g/mol. The third kappa shape index (κ3) is 3.29. The summed E-state index contributed by atoms with van der Waals surface area (Å²) >= 11 is 0. The number of nitrogens with zero attached hydrogens (tertiary/aromatic N) is 2. The summed E-state index contributed by atoms with van der Waals surface area (Å²) in [6.07, 6.45) is 0.908. The number of hydrogen-bond acceptors (Lipinski definition) is 4. The van der Waals surface area contributed by atoms with Gasteiger partial charge < -0.3 is 0 Å². The van der Waals surface area contributed by atoms with Crippen molar-refractivity contribution in [1.82, 2.24) is 5.43 Å². The van der Waals surface area contributed by atoms with Gasteiger partial charge in [0.2, 0.25) is 0 Å². The Bertz CT molecular complexity index is 763. The third-order valence-corrected chi connectivity index (χ3v) is 2.70. The molecule has 1 amide bonds. The fourth-order valence-electron chi connectivity index (χ4n) is 1.67. The van der Waals surface area contributed by atoms with E-state index in [1.165, 1.54) is 36.4 Å². The molecule has 6 nitrogen and oxygen atoms in total. The quantitative estimate of drug-likeness (QED) is 0.535. The molecule has 0 saturated heterocycles. The molecule has 0 unspecified atom stereocenters. The van der Waals surface area contributed by atoms with Gasteiger partial charge >= 0.3 is 0 Å². The van der Waals surface area contributed by atoms with E-state index in [1.807, 2.05) is 5.43 Å². The van der Waals surface area contributed by atoms with Crippen molar-refractivity contribution in [3.8, 4) is 0 Å². The van der Waals surface area contributed by atoms with Gasteiger partial charge in [0.15, 0.2) is 11.6 Å². The highest BCUT2D eigenvalue weighted by Crippen LogP contribution is 2.17. The van der Waals surface area contributed by atoms with Crippen LogP contribution in [0.2, 0.25) is 0 Å². The standard InChI is InChI=1S/C14H9F2N3O3/c15-11-6-3-4-9(13(11)16)8-17-18-14(20)10-5-1-2-7-12(10)19(21)22/h1-8H,(H,18,20)/b17-8+. The Morgan fingerprint density at radius 2 is 1.91 bits per heavy atom. The molecule has 0 radical (unpaired) electrons. The summed E-state index contributed by atoms with van der Waals surface area (Å²) in [4.78, 5) is 21.9. The second kappa shape index (κ2) is 6.53. The summed E-state index contributed by atoms with van der Waals surface area (Å²) < 4.78 is 26.3. The number of carbonyl (C=O) groups excluding carboxylic acids is 1. The van der Waals surface area contributed by atoms with Crippen molar-refractivity contribution in [1.29, 1.82) is 0 Å². The van der Waals surface area contributed by atoms with Crippen molar-refractivity contribution in [3.63, 3.8) is 0 Å². The molecule has 0 aromatic heterocycles. The van der Waals surface area contributed by atoms with Crippen LogP contribution in [-0.2, 0) is 0 Å². The van der Waals surface area contributed by atoms with Crippen LogP contribution in [0.1, 0.15) is 15.9 Å². The van der Waals surface area contributed by atoms with Gasteiger partial charge in [0.25, 0.3) is 11.6 Å². The van der Waals surface area contributed by atoms with Gasteiger partial charge in [-0.1, -0.05) is 24.3 Å². The molecule has 0 bridgehead atoms. The van der Waals surface area contributed by atoms with Crippen molar-refractivity contribution in [2.45, 2.75) is 0 Å². The van der Waals surface area contributed by atoms with Gasteiger partial charge in [0, 0.05) is 11.6 Å². The first-order valence-corrected chi connectivity index (χ1v) is 6.01. The number of carbonyl (C=O) groups is 1. The molecule has 0 aliphatic rings. The Kier molecular flexibility index (Phi) is 4.52. The number of para-hydroxylation sites is 1. The largest absolute Gasteiger partial charge is 0.282 e. The average Bonchev–Trinajstić information content (AvgIpc) is 2.51. The fraction of sp³-hybridized carbons (Fsp3) is 0. The molecule has 112 valence electrons. The zero-order chi connectivity index (χ0) is 16.1. The number of hydrogen-bond donors (Lipinski definition) is 1. The van der Waals surface area contributed by atoms with Crippen molar-refractivity contribution in [2.75, 3.05) is 0 Å². The van der Waals surface area contributed by atoms with Gasteiger partial charge in [-0.3, -0.25) is 14.9 Å². The van der Waals surface area contributed by atoms with Gasteiger partial charge in [0.05, 0.1) is 11.1 Å². The first-order valence-electron chi connectivity index (χ1n) is 6.01. The second-order valence-electron chi connectivity index (χ2n) is 4.12. The van der Waals surface area contributed by atoms with Crippen LogP contribution in [0.4, 0.5) is 14.5 Å². The van der Waals surface area contributed by atoms with Crippen molar-refractivity contribution in [3.05, 3.63) is 75.3 Å². The molecule has 22 heavy (non-hydrogen) atoms. The van der Waals surface area contributed by atoms with Crippen LogP contribution in [0.15, 0.2) is 47.6 Å². The molecule has 0 aliphatic carbocycles. The Labute approximate surface area is 123 Å². The minimum absolute atomic E-state index is 0.164. The maximum Gasteiger partial charge on any atom is 0.282 e. The fourth-order valence-corrected chi connectivity index (χ4v) is 1.67. The van der Waals surface area contributed by atoms with Crippen LogP contribution in [-0.4, -0.2) is 17.0 Å². The maximum atomic E-state index is 13.4. The number of rotatable bonds is 4. The summed E-state index contributed by atoms with van der Waals surface area (Å²) in [6, 6.07) is 8.79. The number of nitro benzene ring substituents is 1. The molecule has 0 heterocycles. The Balaban J connectivity index is 2.15. The molecule has 0 atom stereocenters. The second-order valence-corrected chi connectivity index (χ2v) is 4.12. The number of nitro groups is 1. The smallest absolute Gasteiger partial charge is 0.267 e. The van der Waals surface area contributed by atoms with Crippen LogP contribution in [0, 0.1) is 21.7 Å². The van der Waals surface area contributed by atoms with E-state index in [-0.39, 0.29) is 16.8 Å². The lowest BCUT2D eigenvalue weighted by Crippen LogP contribution is -2.19. The Morgan fingerprint density at radius 1 is 1.18 bits per heavy atom. The summed E-state index contributed by atoms with van der Waals surface area (Å²) in [7, 11) is 0. The van der Waals surface area contributed by atoms with E-state index in [0.29, 0.717) is 0 Å². The summed E-state index contributed by atoms with van der Waals surface area (Å²) in [5, 5.41) is 14.3. The first kappa shape index (κ1) is 15.2. The lowest BCUT2D eigenvalue weighted by molar-refractivity contribution is -0.385. The highest BCUT2D eigenvalue weighted by atomic mass is 19.2. The van der Waals surface area contributed by atoms with Crippen molar-refractivity contribution >= 4 is 17.8 Å². The summed E-state index contributed by atoms with van der Waals surface area (Å²) in [5.41, 5.74) is 1.29. The summed E-state index contributed by atoms with van der Waals surface area (Å²) in [5.74, 6) is -2.99. The average molecular weight is 305 g/mol. The minimum atomic E-state index is -1.11. The molecule has 0 aliphatic heterocycles. The van der Waals surface area contributed by atoms with Gasteiger partial charge in [0.1, 0.15) is 5.56 Å². The van der Waals surface area contributed by atoms with Crippen LogP contribution in [0.3, 0.4) is 0 Å². The normalized spacial score (nSPS) is 10.6. The molecule has 2 aromatic carbocycles. The van der Waals surface area contributed by atoms with E-state index in [4.69, 9.17) is 0 Å². The van der Waals surface area contributed by atoms with Gasteiger partial charge in [-0.05, 0) is 12.1 Å². The van der Waals surface area contributed by atoms with E-state index in [2.05, 4.69) is 5.10 Å². The van der Waals surface area contributed by atoms with E-state index < -0.39 is 22.5 Å². The number of nitrogens with one attached hydrogen (secondary N) is 1. The molecule has 8 heteroatoms. The maximum absolute atomic E-state index is 13.4. The number of halogens is 2. The molecular formula is C14H9F2N3O3. The molecule has 2 aromatic rings. The van der Waals surface area contributed by atoms with Gasteiger partial charge in [-0.25, -0.2) is 14.2 Å². The van der Waals surface area contributed by atoms with Crippen LogP contribution in [0.5, 0.6) is 0 Å². The lowest BCUT2D eigenvalue weighted by Gasteiger charge is -2.01. The predicted octanol–water partition coefficient (Wildman–Crippen LogP) is 2.64. The number of hydrazone groups is 1. The van der Waals surface area contributed by atoms with Crippen molar-refractivity contribution in [2.24, 2.45) is 5.10 Å². The van der Waals surface area contributed by atoms with E-state index >= 15 is 0 Å². The van der Waals surface area contributed by atoms with Crippen molar-refractivity contribution < 1.29 is 18.5 Å². The van der Waals surface area contributed by atoms with Gasteiger partial charge in [-0.15, -0.1) is 0 Å². The highest BCUT2D eigenvalue weighted by molar-refractivity contribution is 5.98. The first-order chi connectivity index (χ1) is 10.5. The molecule has 2 rings (SSSR count). The van der Waals surface area contributed by atoms with E-state index in [1.54, 1.807) is 0 Å². The van der Waals surface area contributed by atoms with E-state index in [9.17, 15) is 23.7 Å². The van der Waals surface area contributed by atoms with Crippen LogP contribution in [0.25, 0.3) is 0 Å². The number of amides is 1. The molecule has 0 saturated carbocycles. The summed E-state index contributed by atoms with van der Waals surface area (Å²) in [6.45, 7) is 0. The molecular weight excluding hydrogens is 296 g/mol. The zero-order valence-corrected chi connectivity index (χ0v) is 11.0. The topological polar surface area (TPSA) is 84.6 Å². The minimum Gasteiger partial charge on any atom is -0.267 e. The Hall–Kier alpha value is -3.16. The molecule has 1 N–H and O–H groups in total. The van der Waals surface area contributed by atoms with Gasteiger partial charge in [-0.2, -0.15) is 5.10 Å². The number of benzene rings is 2. The third-order valence-electron chi connectivity index (χ3n) is 2.70. The van der Waals surface area contributed by atoms with Crippen LogP contribution < -0.4 is 5.43 Å². The SMILES string of the molecule is O=C(N/N=C/c1cccc(F)c1F)c1ccccc1[N+](=O)[O-]. The lowest BCUT2D eigenvalue weighted by atomic mass is 10.2. The zero-order valence-electron chi connectivity index (χ0n) is 11.0. The Morgan fingerprint density at radius 3 is 2.64 bits per heavy atom. The molecule has 0 fully saturated rings.